The van der Waals surface area contributed by atoms with Crippen molar-refractivity contribution in [1.29, 1.82) is 0 Å². The lowest BCUT2D eigenvalue weighted by molar-refractivity contribution is 0.0154. The van der Waals surface area contributed by atoms with Crippen molar-refractivity contribution in [2.75, 3.05) is 24.6 Å². The number of nitrogens with one attached hydrogen (secondary N) is 1. The van der Waals surface area contributed by atoms with E-state index in [9.17, 15) is 9.90 Å². The highest BCUT2D eigenvalue weighted by molar-refractivity contribution is 7.99. The number of carbonyl (C=O) groups excluding carboxylic acids is 1. The maximum absolute atomic E-state index is 12.4. The minimum Gasteiger partial charge on any atom is -0.393 e. The summed E-state index contributed by atoms with van der Waals surface area (Å²) >= 11 is 1.66. The molecule has 22 heavy (non-hydrogen) atoms. The van der Waals surface area contributed by atoms with E-state index < -0.39 is 0 Å². The first-order chi connectivity index (χ1) is 10.6. The third-order valence-electron chi connectivity index (χ3n) is 4.89. The van der Waals surface area contributed by atoms with Crippen LogP contribution in [-0.2, 0) is 0 Å². The Balaban J connectivity index is 1.84. The fourth-order valence-electron chi connectivity index (χ4n) is 3.77. The first-order valence-corrected chi connectivity index (χ1v) is 9.52. The number of nitrogens with zero attached hydrogens (tertiary/aromatic N) is 1. The lowest BCUT2D eigenvalue weighted by Gasteiger charge is -2.39. The molecule has 5 heteroatoms. The van der Waals surface area contributed by atoms with Gasteiger partial charge in [-0.3, -0.25) is 0 Å². The molecular formula is C17H28N2O2S. The van der Waals surface area contributed by atoms with E-state index in [0.29, 0.717) is 18.2 Å². The Kier molecular flexibility index (Phi) is 6.91. The van der Waals surface area contributed by atoms with Gasteiger partial charge in [-0.2, -0.15) is 0 Å². The van der Waals surface area contributed by atoms with Crippen LogP contribution in [0.25, 0.3) is 0 Å². The maximum Gasteiger partial charge on any atom is 0.317 e. The van der Waals surface area contributed by atoms with Crippen LogP contribution < -0.4 is 5.32 Å². The second-order valence-corrected chi connectivity index (χ2v) is 7.65. The van der Waals surface area contributed by atoms with Gasteiger partial charge in [-0.05, 0) is 38.0 Å². The zero-order valence-corrected chi connectivity index (χ0v) is 14.3. The van der Waals surface area contributed by atoms with Gasteiger partial charge in [0.25, 0.3) is 0 Å². The molecule has 4 atom stereocenters. The molecule has 1 heterocycles. The van der Waals surface area contributed by atoms with Crippen LogP contribution in [0.1, 0.15) is 39.0 Å². The van der Waals surface area contributed by atoms with Gasteiger partial charge in [-0.1, -0.05) is 12.8 Å². The number of hydrogen-bond acceptors (Lipinski definition) is 3. The second kappa shape index (κ2) is 8.69. The van der Waals surface area contributed by atoms with Crippen molar-refractivity contribution >= 4 is 17.8 Å². The summed E-state index contributed by atoms with van der Waals surface area (Å²) in [5.41, 5.74) is 0. The number of carbonyl (C=O) groups is 1. The van der Waals surface area contributed by atoms with E-state index in [1.165, 1.54) is 0 Å². The van der Waals surface area contributed by atoms with Crippen LogP contribution in [0, 0.1) is 24.2 Å². The molecule has 0 spiro atoms. The molecule has 0 bridgehead atoms. The highest BCUT2D eigenvalue weighted by Crippen LogP contribution is 2.37. The Hall–Kier alpha value is -0.860. The lowest BCUT2D eigenvalue weighted by Crippen LogP contribution is -2.49. The summed E-state index contributed by atoms with van der Waals surface area (Å²) in [7, 11) is 0. The van der Waals surface area contributed by atoms with Crippen LogP contribution >= 0.6 is 11.8 Å². The Morgan fingerprint density at radius 1 is 1.45 bits per heavy atom. The molecule has 0 aromatic carbocycles. The van der Waals surface area contributed by atoms with Gasteiger partial charge in [0.2, 0.25) is 0 Å². The quantitative estimate of drug-likeness (QED) is 0.603. The van der Waals surface area contributed by atoms with Gasteiger partial charge in [-0.15, -0.1) is 18.2 Å². The maximum atomic E-state index is 12.4. The molecule has 2 amide bonds. The fraction of sp³-hybridized carbons (Fsp3) is 0.824. The third-order valence-corrected chi connectivity index (χ3v) is 5.75. The smallest absolute Gasteiger partial charge is 0.317 e. The SMILES string of the molecule is C#CCSCCNC(=O)N1CCC[C@@H]1[C@@H]1C[C@H](C)CC[C@@H]1O. The van der Waals surface area contributed by atoms with E-state index in [0.717, 1.165) is 44.4 Å². The zero-order valence-electron chi connectivity index (χ0n) is 13.5. The molecule has 124 valence electrons. The molecule has 0 radical (unpaired) electrons. The molecule has 1 aliphatic heterocycles. The van der Waals surface area contributed by atoms with Gasteiger partial charge in [0.15, 0.2) is 0 Å². The van der Waals surface area contributed by atoms with Gasteiger partial charge in [0.1, 0.15) is 0 Å². The van der Waals surface area contributed by atoms with Crippen LogP contribution in [0.2, 0.25) is 0 Å². The number of amides is 2. The molecule has 0 aromatic heterocycles. The summed E-state index contributed by atoms with van der Waals surface area (Å²) < 4.78 is 0. The molecule has 1 saturated carbocycles. The number of hydrogen-bond donors (Lipinski definition) is 2. The zero-order chi connectivity index (χ0) is 15.9. The highest BCUT2D eigenvalue weighted by atomic mass is 32.2. The molecule has 2 fully saturated rings. The number of likely N-dealkylation sites (tertiary alicyclic amines) is 1. The molecule has 2 N–H and O–H groups in total. The standard InChI is InChI=1S/C17H28N2O2S/c1-3-10-22-11-8-18-17(21)19-9-4-5-15(19)14-12-13(2)6-7-16(14)20/h1,13-16,20H,4-12H2,2H3,(H,18,21)/t13-,14+,15-,16+/m1/s1. The Morgan fingerprint density at radius 3 is 3.05 bits per heavy atom. The minimum absolute atomic E-state index is 0.0224. The van der Waals surface area contributed by atoms with Crippen molar-refractivity contribution in [2.45, 2.75) is 51.2 Å². The van der Waals surface area contributed by atoms with E-state index in [1.807, 2.05) is 4.90 Å². The summed E-state index contributed by atoms with van der Waals surface area (Å²) in [6.07, 6.45) is 10.0. The number of aliphatic hydroxyl groups excluding tert-OH is 1. The van der Waals surface area contributed by atoms with Crippen LogP contribution in [0.5, 0.6) is 0 Å². The fourth-order valence-corrected chi connectivity index (χ4v) is 4.28. The number of aliphatic hydroxyl groups is 1. The molecule has 1 aliphatic carbocycles. The number of terminal acetylenes is 1. The Morgan fingerprint density at radius 2 is 2.27 bits per heavy atom. The molecule has 1 saturated heterocycles. The van der Waals surface area contributed by atoms with Gasteiger partial charge in [0, 0.05) is 30.8 Å². The number of rotatable bonds is 5. The molecular weight excluding hydrogens is 296 g/mol. The molecule has 0 aromatic rings. The third kappa shape index (κ3) is 4.57. The summed E-state index contributed by atoms with van der Waals surface area (Å²) in [5, 5.41) is 13.3. The molecule has 0 unspecified atom stereocenters. The van der Waals surface area contributed by atoms with Crippen molar-refractivity contribution in [3.63, 3.8) is 0 Å². The molecule has 2 aliphatic rings. The van der Waals surface area contributed by atoms with Crippen LogP contribution in [0.4, 0.5) is 4.79 Å². The number of urea groups is 1. The van der Waals surface area contributed by atoms with Crippen molar-refractivity contribution < 1.29 is 9.90 Å². The van der Waals surface area contributed by atoms with Crippen molar-refractivity contribution in [2.24, 2.45) is 11.8 Å². The summed E-state index contributed by atoms with van der Waals surface area (Å²) in [4.78, 5) is 14.4. The van der Waals surface area contributed by atoms with Crippen LogP contribution in [0.15, 0.2) is 0 Å². The average molecular weight is 324 g/mol. The Bertz CT molecular complexity index is 410. The van der Waals surface area contributed by atoms with E-state index in [2.05, 4.69) is 18.2 Å². The van der Waals surface area contributed by atoms with Gasteiger partial charge in [-0.25, -0.2) is 4.79 Å². The van der Waals surface area contributed by atoms with E-state index in [1.54, 1.807) is 11.8 Å². The van der Waals surface area contributed by atoms with Crippen LogP contribution in [0.3, 0.4) is 0 Å². The summed E-state index contributed by atoms with van der Waals surface area (Å²) in [5.74, 6) is 5.01. The van der Waals surface area contributed by atoms with E-state index in [4.69, 9.17) is 6.42 Å². The predicted molar refractivity (Wildman–Crippen MR) is 91.8 cm³/mol. The predicted octanol–water partition coefficient (Wildman–Crippen LogP) is 2.32. The lowest BCUT2D eigenvalue weighted by atomic mass is 9.76. The monoisotopic (exact) mass is 324 g/mol. The summed E-state index contributed by atoms with van der Waals surface area (Å²) in [6.45, 7) is 3.71. The normalized spacial score (nSPS) is 31.8. The second-order valence-electron chi connectivity index (χ2n) is 6.54. The first-order valence-electron chi connectivity index (χ1n) is 8.37. The number of thioether (sulfide) groups is 1. The summed E-state index contributed by atoms with van der Waals surface area (Å²) in [6, 6.07) is 0.227. The van der Waals surface area contributed by atoms with Gasteiger partial charge < -0.3 is 15.3 Å². The van der Waals surface area contributed by atoms with Crippen molar-refractivity contribution in [1.82, 2.24) is 10.2 Å². The molecule has 4 nitrogen and oxygen atoms in total. The Labute approximate surface area is 138 Å². The van der Waals surface area contributed by atoms with Gasteiger partial charge >= 0.3 is 6.03 Å². The van der Waals surface area contributed by atoms with E-state index in [-0.39, 0.29) is 24.1 Å². The highest BCUT2D eigenvalue weighted by Gasteiger charge is 2.40. The first kappa shape index (κ1) is 17.5. The molecule has 2 rings (SSSR count). The largest absolute Gasteiger partial charge is 0.393 e. The average Bonchev–Trinajstić information content (AvgIpc) is 2.98. The van der Waals surface area contributed by atoms with E-state index >= 15 is 0 Å². The van der Waals surface area contributed by atoms with Crippen molar-refractivity contribution in [3.05, 3.63) is 0 Å². The minimum atomic E-state index is -0.249. The topological polar surface area (TPSA) is 52.6 Å². The van der Waals surface area contributed by atoms with Crippen LogP contribution in [-0.4, -0.2) is 52.8 Å². The van der Waals surface area contributed by atoms with Gasteiger partial charge in [0.05, 0.1) is 11.9 Å². The van der Waals surface area contributed by atoms with Crippen molar-refractivity contribution in [3.8, 4) is 12.3 Å².